The predicted molar refractivity (Wildman–Crippen MR) is 114 cm³/mol. The summed E-state index contributed by atoms with van der Waals surface area (Å²) in [6.45, 7) is 4.94. The number of hydrogen-bond acceptors (Lipinski definition) is 1. The van der Waals surface area contributed by atoms with Gasteiger partial charge in [0.15, 0.2) is 0 Å². The number of aryl methyl sites for hydroxylation is 2. The van der Waals surface area contributed by atoms with Crippen LogP contribution in [0.15, 0.2) is 60.7 Å². The lowest BCUT2D eigenvalue weighted by atomic mass is 9.98. The van der Waals surface area contributed by atoms with E-state index in [0.717, 1.165) is 12.1 Å². The van der Waals surface area contributed by atoms with E-state index in [1.807, 2.05) is 30.3 Å². The topological polar surface area (TPSA) is 34.0 Å². The van der Waals surface area contributed by atoms with Crippen molar-refractivity contribution in [1.29, 1.82) is 0 Å². The maximum Gasteiger partial charge on any atom is 0.251 e. The Kier molecular flexibility index (Phi) is 5.34. The Labute approximate surface area is 167 Å². The molecule has 2 aromatic carbocycles. The van der Waals surface area contributed by atoms with Crippen LogP contribution in [-0.2, 0) is 12.8 Å². The van der Waals surface area contributed by atoms with Crippen molar-refractivity contribution in [3.8, 4) is 5.69 Å². The molecule has 0 saturated carbocycles. The fourth-order valence-electron chi connectivity index (χ4n) is 4.22. The molecule has 1 aliphatic carbocycles. The molecule has 3 aromatic rings. The zero-order valence-electron chi connectivity index (χ0n) is 16.7. The molecule has 1 N–H and O–H groups in total. The molecule has 1 amide bonds. The highest BCUT2D eigenvalue weighted by Crippen LogP contribution is 2.28. The van der Waals surface area contributed by atoms with Crippen molar-refractivity contribution in [2.45, 2.75) is 45.4 Å². The second-order valence-electron chi connectivity index (χ2n) is 7.87. The van der Waals surface area contributed by atoms with Gasteiger partial charge >= 0.3 is 0 Å². The number of nitrogens with one attached hydrogen (secondary N) is 1. The van der Waals surface area contributed by atoms with Crippen LogP contribution in [0.3, 0.4) is 0 Å². The average Bonchev–Trinajstić information content (AvgIpc) is 3.08. The van der Waals surface area contributed by atoms with Gasteiger partial charge in [-0.2, -0.15) is 0 Å². The van der Waals surface area contributed by atoms with E-state index < -0.39 is 0 Å². The van der Waals surface area contributed by atoms with Gasteiger partial charge < -0.3 is 9.88 Å². The molecule has 3 heteroatoms. The summed E-state index contributed by atoms with van der Waals surface area (Å²) < 4.78 is 2.35. The second kappa shape index (κ2) is 8.05. The van der Waals surface area contributed by atoms with Gasteiger partial charge in [0.05, 0.1) is 0 Å². The van der Waals surface area contributed by atoms with Gasteiger partial charge in [0.1, 0.15) is 0 Å². The molecule has 1 heterocycles. The molecule has 0 radical (unpaired) electrons. The van der Waals surface area contributed by atoms with E-state index in [2.05, 4.69) is 54.1 Å². The first-order chi connectivity index (χ1) is 13.6. The molecule has 0 bridgehead atoms. The van der Waals surface area contributed by atoms with Gasteiger partial charge in [0.2, 0.25) is 0 Å². The molecule has 1 aliphatic rings. The Bertz CT molecular complexity index is 954. The zero-order chi connectivity index (χ0) is 19.5. The highest BCUT2D eigenvalue weighted by molar-refractivity contribution is 5.94. The van der Waals surface area contributed by atoms with Gasteiger partial charge in [-0.1, -0.05) is 37.3 Å². The van der Waals surface area contributed by atoms with Gasteiger partial charge in [-0.05, 0) is 80.0 Å². The normalized spacial score (nSPS) is 14.4. The minimum Gasteiger partial charge on any atom is -0.351 e. The first kappa shape index (κ1) is 18.5. The molecular formula is C25H28N2O. The first-order valence-corrected chi connectivity index (χ1v) is 10.3. The van der Waals surface area contributed by atoms with E-state index in [1.165, 1.54) is 41.8 Å². The SMILES string of the molecule is Cc1cc2c(n1-c1ccc(C(=O)NC[C@@H](C)c3ccccc3)cc1)CCCC2. The standard InChI is InChI=1S/C25H28N2O/c1-18(20-8-4-3-5-9-20)17-26-25(28)21-12-14-23(15-13-21)27-19(2)16-22-10-6-7-11-24(22)27/h3-5,8-9,12-16,18H,6-7,10-11,17H2,1-2H3,(H,26,28)/t18-/m1/s1. The van der Waals surface area contributed by atoms with Gasteiger partial charge in [-0.25, -0.2) is 0 Å². The first-order valence-electron chi connectivity index (χ1n) is 10.3. The third kappa shape index (κ3) is 3.75. The smallest absolute Gasteiger partial charge is 0.251 e. The predicted octanol–water partition coefficient (Wildman–Crippen LogP) is 5.20. The molecule has 0 saturated heterocycles. The Morgan fingerprint density at radius 1 is 1.04 bits per heavy atom. The summed E-state index contributed by atoms with van der Waals surface area (Å²) in [5, 5.41) is 3.07. The van der Waals surface area contributed by atoms with Crippen molar-refractivity contribution in [3.05, 3.63) is 88.7 Å². The highest BCUT2D eigenvalue weighted by Gasteiger charge is 2.17. The van der Waals surface area contributed by atoms with E-state index in [4.69, 9.17) is 0 Å². The number of benzene rings is 2. The molecule has 0 spiro atoms. The molecule has 0 unspecified atom stereocenters. The molecule has 4 rings (SSSR count). The van der Waals surface area contributed by atoms with Crippen molar-refractivity contribution in [3.63, 3.8) is 0 Å². The van der Waals surface area contributed by atoms with E-state index in [9.17, 15) is 4.79 Å². The van der Waals surface area contributed by atoms with Crippen molar-refractivity contribution >= 4 is 5.91 Å². The van der Waals surface area contributed by atoms with Crippen molar-refractivity contribution in [2.24, 2.45) is 0 Å². The zero-order valence-corrected chi connectivity index (χ0v) is 16.7. The van der Waals surface area contributed by atoms with Crippen molar-refractivity contribution in [2.75, 3.05) is 6.54 Å². The van der Waals surface area contributed by atoms with Crippen LogP contribution >= 0.6 is 0 Å². The van der Waals surface area contributed by atoms with Crippen LogP contribution in [0.2, 0.25) is 0 Å². The lowest BCUT2D eigenvalue weighted by molar-refractivity contribution is 0.0951. The summed E-state index contributed by atoms with van der Waals surface area (Å²) in [5.74, 6) is 0.277. The number of amides is 1. The van der Waals surface area contributed by atoms with Crippen molar-refractivity contribution in [1.82, 2.24) is 9.88 Å². The van der Waals surface area contributed by atoms with E-state index in [0.29, 0.717) is 18.0 Å². The van der Waals surface area contributed by atoms with Crippen molar-refractivity contribution < 1.29 is 4.79 Å². The summed E-state index contributed by atoms with van der Waals surface area (Å²) in [6, 6.07) is 20.6. The summed E-state index contributed by atoms with van der Waals surface area (Å²) >= 11 is 0. The van der Waals surface area contributed by atoms with Gasteiger partial charge in [0.25, 0.3) is 5.91 Å². The van der Waals surface area contributed by atoms with Crippen LogP contribution in [-0.4, -0.2) is 17.0 Å². The number of aromatic nitrogens is 1. The fraction of sp³-hybridized carbons (Fsp3) is 0.320. The third-order valence-electron chi connectivity index (χ3n) is 5.81. The Hall–Kier alpha value is -2.81. The summed E-state index contributed by atoms with van der Waals surface area (Å²) in [5.41, 5.74) is 7.31. The van der Waals surface area contributed by atoms with E-state index in [1.54, 1.807) is 0 Å². The average molecular weight is 373 g/mol. The third-order valence-corrected chi connectivity index (χ3v) is 5.81. The molecule has 0 aliphatic heterocycles. The monoisotopic (exact) mass is 372 g/mol. The largest absolute Gasteiger partial charge is 0.351 e. The molecule has 3 nitrogen and oxygen atoms in total. The number of carbonyl (C=O) groups excluding carboxylic acids is 1. The van der Waals surface area contributed by atoms with Crippen LogP contribution in [0.4, 0.5) is 0 Å². The maximum absolute atomic E-state index is 12.6. The molecular weight excluding hydrogens is 344 g/mol. The van der Waals surface area contributed by atoms with Crippen LogP contribution in [0.1, 0.15) is 58.6 Å². The fourth-order valence-corrected chi connectivity index (χ4v) is 4.22. The number of carbonyl (C=O) groups is 1. The Morgan fingerprint density at radius 3 is 2.50 bits per heavy atom. The Balaban J connectivity index is 1.45. The number of nitrogens with zero attached hydrogens (tertiary/aromatic N) is 1. The summed E-state index contributed by atoms with van der Waals surface area (Å²) in [4.78, 5) is 12.6. The van der Waals surface area contributed by atoms with Crippen LogP contribution in [0.25, 0.3) is 5.69 Å². The van der Waals surface area contributed by atoms with Crippen LogP contribution in [0.5, 0.6) is 0 Å². The number of hydrogen-bond donors (Lipinski definition) is 1. The number of rotatable bonds is 5. The lowest BCUT2D eigenvalue weighted by Crippen LogP contribution is -2.27. The second-order valence-corrected chi connectivity index (χ2v) is 7.87. The van der Waals surface area contributed by atoms with E-state index >= 15 is 0 Å². The molecule has 144 valence electrons. The maximum atomic E-state index is 12.6. The van der Waals surface area contributed by atoms with E-state index in [-0.39, 0.29) is 5.91 Å². The van der Waals surface area contributed by atoms with Gasteiger partial charge in [-0.15, -0.1) is 0 Å². The lowest BCUT2D eigenvalue weighted by Gasteiger charge is -2.17. The summed E-state index contributed by atoms with van der Waals surface area (Å²) in [6.07, 6.45) is 4.87. The molecule has 1 atom stereocenters. The number of fused-ring (bicyclic) bond motifs is 1. The van der Waals surface area contributed by atoms with Gasteiger partial charge in [0, 0.05) is 29.2 Å². The minimum atomic E-state index is -0.0133. The molecule has 28 heavy (non-hydrogen) atoms. The Morgan fingerprint density at radius 2 is 1.75 bits per heavy atom. The molecule has 1 aromatic heterocycles. The summed E-state index contributed by atoms with van der Waals surface area (Å²) in [7, 11) is 0. The molecule has 0 fully saturated rings. The quantitative estimate of drug-likeness (QED) is 0.656. The van der Waals surface area contributed by atoms with Gasteiger partial charge in [-0.3, -0.25) is 4.79 Å². The highest BCUT2D eigenvalue weighted by atomic mass is 16.1. The van der Waals surface area contributed by atoms with Crippen LogP contribution in [0, 0.1) is 6.92 Å². The minimum absolute atomic E-state index is 0.0133. The van der Waals surface area contributed by atoms with Crippen LogP contribution < -0.4 is 5.32 Å².